The number of carbonyl (C=O) groups excluding carboxylic acids is 2. The van der Waals surface area contributed by atoms with E-state index in [1.165, 1.54) is 32.1 Å². The van der Waals surface area contributed by atoms with Crippen molar-refractivity contribution in [3.63, 3.8) is 0 Å². The molecule has 1 aliphatic heterocycles. The minimum Gasteiger partial charge on any atom is -0.494 e. The molecule has 2 aliphatic rings. The standard InChI is InChI=1S/C29H36N4O3/c1-31-26-13-6-5-12-25(26)30-27(31)21-28(34)32-15-17-33(18-16-32)29(35)23-10-7-11-24(20-23)36-19-14-22-8-3-2-4-9-22/h5-7,10-13,20,22H,2-4,8-9,14-19,21H2,1H3. The number of hydrogen-bond acceptors (Lipinski definition) is 4. The van der Waals surface area contributed by atoms with Crippen molar-refractivity contribution in [2.24, 2.45) is 13.0 Å². The molecular weight excluding hydrogens is 452 g/mol. The smallest absolute Gasteiger partial charge is 0.254 e. The van der Waals surface area contributed by atoms with E-state index in [4.69, 9.17) is 4.74 Å². The Morgan fingerprint density at radius 1 is 0.944 bits per heavy atom. The van der Waals surface area contributed by atoms with Crippen LogP contribution in [0.15, 0.2) is 48.5 Å². The second-order valence-electron chi connectivity index (χ2n) is 10.1. The molecule has 36 heavy (non-hydrogen) atoms. The molecule has 7 heteroatoms. The van der Waals surface area contributed by atoms with Crippen LogP contribution in [0.25, 0.3) is 11.0 Å². The Labute approximate surface area is 213 Å². The quantitative estimate of drug-likeness (QED) is 0.493. The van der Waals surface area contributed by atoms with E-state index in [-0.39, 0.29) is 18.2 Å². The van der Waals surface area contributed by atoms with Gasteiger partial charge in [-0.15, -0.1) is 0 Å². The molecule has 7 nitrogen and oxygen atoms in total. The monoisotopic (exact) mass is 488 g/mol. The van der Waals surface area contributed by atoms with Crippen molar-refractivity contribution >= 4 is 22.8 Å². The number of amides is 2. The number of carbonyl (C=O) groups is 2. The Hall–Kier alpha value is -3.35. The third-order valence-electron chi connectivity index (χ3n) is 7.71. The SMILES string of the molecule is Cn1c(CC(=O)N2CCN(C(=O)c3cccc(OCCC4CCCCC4)c3)CC2)nc2ccccc21. The fraction of sp³-hybridized carbons (Fsp3) is 0.483. The lowest BCUT2D eigenvalue weighted by atomic mass is 9.87. The second-order valence-corrected chi connectivity index (χ2v) is 10.1. The highest BCUT2D eigenvalue weighted by molar-refractivity contribution is 5.94. The molecule has 1 saturated carbocycles. The lowest BCUT2D eigenvalue weighted by Gasteiger charge is -2.34. The van der Waals surface area contributed by atoms with Crippen molar-refractivity contribution in [2.45, 2.75) is 44.9 Å². The number of aromatic nitrogens is 2. The number of rotatable bonds is 7. The fourth-order valence-corrected chi connectivity index (χ4v) is 5.48. The van der Waals surface area contributed by atoms with Crippen molar-refractivity contribution in [1.29, 1.82) is 0 Å². The van der Waals surface area contributed by atoms with Crippen LogP contribution < -0.4 is 4.74 Å². The number of aryl methyl sites for hydroxylation is 1. The van der Waals surface area contributed by atoms with Crippen LogP contribution >= 0.6 is 0 Å². The third kappa shape index (κ3) is 5.55. The fourth-order valence-electron chi connectivity index (χ4n) is 5.48. The maximum absolute atomic E-state index is 13.1. The van der Waals surface area contributed by atoms with Crippen LogP contribution in [-0.4, -0.2) is 64.0 Å². The van der Waals surface area contributed by atoms with Crippen molar-refractivity contribution in [2.75, 3.05) is 32.8 Å². The molecule has 0 unspecified atom stereocenters. The van der Waals surface area contributed by atoms with Crippen molar-refractivity contribution in [3.8, 4) is 5.75 Å². The Bertz CT molecular complexity index is 1210. The molecule has 2 heterocycles. The highest BCUT2D eigenvalue weighted by atomic mass is 16.5. The number of piperazine rings is 1. The summed E-state index contributed by atoms with van der Waals surface area (Å²) in [5.74, 6) is 2.34. The van der Waals surface area contributed by atoms with Gasteiger partial charge in [0.05, 0.1) is 24.1 Å². The minimum absolute atomic E-state index is 0.00446. The summed E-state index contributed by atoms with van der Waals surface area (Å²) in [6, 6.07) is 15.4. The maximum Gasteiger partial charge on any atom is 0.254 e. The van der Waals surface area contributed by atoms with Gasteiger partial charge in [-0.2, -0.15) is 0 Å². The molecule has 1 aromatic heterocycles. The summed E-state index contributed by atoms with van der Waals surface area (Å²) >= 11 is 0. The first-order chi connectivity index (χ1) is 17.6. The van der Waals surface area contributed by atoms with Crippen LogP contribution in [-0.2, 0) is 18.3 Å². The van der Waals surface area contributed by atoms with Gasteiger partial charge in [-0.1, -0.05) is 50.3 Å². The summed E-state index contributed by atoms with van der Waals surface area (Å²) < 4.78 is 7.98. The van der Waals surface area contributed by atoms with Crippen molar-refractivity contribution in [3.05, 3.63) is 59.9 Å². The van der Waals surface area contributed by atoms with E-state index in [1.807, 2.05) is 69.9 Å². The predicted octanol–water partition coefficient (Wildman–Crippen LogP) is 4.45. The number of hydrogen-bond donors (Lipinski definition) is 0. The molecule has 5 rings (SSSR count). The van der Waals surface area contributed by atoms with Crippen LogP contribution in [0, 0.1) is 5.92 Å². The molecular formula is C29H36N4O3. The van der Waals surface area contributed by atoms with Gasteiger partial charge in [0, 0.05) is 38.8 Å². The molecule has 1 aliphatic carbocycles. The van der Waals surface area contributed by atoms with E-state index >= 15 is 0 Å². The Morgan fingerprint density at radius 3 is 2.47 bits per heavy atom. The minimum atomic E-state index is -0.00446. The van der Waals surface area contributed by atoms with Crippen LogP contribution in [0.5, 0.6) is 5.75 Å². The molecule has 2 aromatic carbocycles. The summed E-state index contributed by atoms with van der Waals surface area (Å²) in [7, 11) is 1.95. The Balaban J connectivity index is 1.12. The van der Waals surface area contributed by atoms with Crippen LogP contribution in [0.4, 0.5) is 0 Å². The van der Waals surface area contributed by atoms with Crippen LogP contribution in [0.1, 0.15) is 54.7 Å². The van der Waals surface area contributed by atoms with Gasteiger partial charge in [-0.3, -0.25) is 9.59 Å². The van der Waals surface area contributed by atoms with Gasteiger partial charge in [0.15, 0.2) is 0 Å². The van der Waals surface area contributed by atoms with E-state index in [1.54, 1.807) is 0 Å². The topological polar surface area (TPSA) is 67.7 Å². The normalized spacial score (nSPS) is 16.9. The lowest BCUT2D eigenvalue weighted by molar-refractivity contribution is -0.132. The van der Waals surface area contributed by atoms with Gasteiger partial charge < -0.3 is 19.1 Å². The zero-order valence-electron chi connectivity index (χ0n) is 21.2. The molecule has 0 spiro atoms. The number of fused-ring (bicyclic) bond motifs is 1. The summed E-state index contributed by atoms with van der Waals surface area (Å²) in [5.41, 5.74) is 2.57. The lowest BCUT2D eigenvalue weighted by Crippen LogP contribution is -2.51. The number of nitrogens with zero attached hydrogens (tertiary/aromatic N) is 4. The van der Waals surface area contributed by atoms with E-state index in [0.717, 1.165) is 34.9 Å². The molecule has 0 atom stereocenters. The Kier molecular flexibility index (Phi) is 7.54. The molecule has 2 amide bonds. The number of ether oxygens (including phenoxy) is 1. The maximum atomic E-state index is 13.1. The number of para-hydroxylation sites is 2. The van der Waals surface area contributed by atoms with E-state index in [2.05, 4.69) is 4.98 Å². The van der Waals surface area contributed by atoms with E-state index in [9.17, 15) is 9.59 Å². The van der Waals surface area contributed by atoms with Gasteiger partial charge in [0.1, 0.15) is 11.6 Å². The van der Waals surface area contributed by atoms with Crippen molar-refractivity contribution in [1.82, 2.24) is 19.4 Å². The first kappa shape index (κ1) is 24.3. The molecule has 190 valence electrons. The average molecular weight is 489 g/mol. The highest BCUT2D eigenvalue weighted by Crippen LogP contribution is 2.26. The third-order valence-corrected chi connectivity index (χ3v) is 7.71. The van der Waals surface area contributed by atoms with Crippen LogP contribution in [0.2, 0.25) is 0 Å². The largest absolute Gasteiger partial charge is 0.494 e. The molecule has 0 radical (unpaired) electrons. The van der Waals surface area contributed by atoms with Crippen LogP contribution in [0.3, 0.4) is 0 Å². The molecule has 0 N–H and O–H groups in total. The molecule has 3 aromatic rings. The van der Waals surface area contributed by atoms with Gasteiger partial charge in [0.2, 0.25) is 5.91 Å². The Morgan fingerprint density at radius 2 is 1.69 bits per heavy atom. The van der Waals surface area contributed by atoms with Gasteiger partial charge >= 0.3 is 0 Å². The van der Waals surface area contributed by atoms with Gasteiger partial charge in [0.25, 0.3) is 5.91 Å². The highest BCUT2D eigenvalue weighted by Gasteiger charge is 2.26. The van der Waals surface area contributed by atoms with Gasteiger partial charge in [-0.05, 0) is 42.7 Å². The summed E-state index contributed by atoms with van der Waals surface area (Å²) in [6.07, 6.45) is 8.03. The summed E-state index contributed by atoms with van der Waals surface area (Å²) in [5, 5.41) is 0. The summed E-state index contributed by atoms with van der Waals surface area (Å²) in [4.78, 5) is 34.4. The first-order valence-corrected chi connectivity index (χ1v) is 13.3. The second kappa shape index (κ2) is 11.1. The van der Waals surface area contributed by atoms with Crippen molar-refractivity contribution < 1.29 is 14.3 Å². The molecule has 2 fully saturated rings. The summed E-state index contributed by atoms with van der Waals surface area (Å²) in [6.45, 7) is 2.83. The first-order valence-electron chi connectivity index (χ1n) is 13.3. The van der Waals surface area contributed by atoms with E-state index < -0.39 is 0 Å². The molecule has 1 saturated heterocycles. The zero-order valence-corrected chi connectivity index (χ0v) is 21.2. The van der Waals surface area contributed by atoms with E-state index in [0.29, 0.717) is 38.3 Å². The molecule has 0 bridgehead atoms. The zero-order chi connectivity index (χ0) is 24.9. The average Bonchev–Trinajstić information content (AvgIpc) is 3.24. The predicted molar refractivity (Wildman–Crippen MR) is 140 cm³/mol. The number of imidazole rings is 1. The number of benzene rings is 2. The van der Waals surface area contributed by atoms with Gasteiger partial charge in [-0.25, -0.2) is 4.98 Å².